The highest BCUT2D eigenvalue weighted by Gasteiger charge is 2.76. The lowest BCUT2D eigenvalue weighted by Gasteiger charge is -2.50. The Labute approximate surface area is 274 Å². The number of phenols is 2. The number of rotatable bonds is 5. The highest BCUT2D eigenvalue weighted by Crippen LogP contribution is 2.66. The van der Waals surface area contributed by atoms with Crippen molar-refractivity contribution in [1.29, 1.82) is 0 Å². The van der Waals surface area contributed by atoms with Crippen LogP contribution in [0.2, 0.25) is 0 Å². The minimum absolute atomic E-state index is 0.0837. The Kier molecular flexibility index (Phi) is 7.06. The number of aromatic hydroxyl groups is 2. The molecule has 2 N–H and O–H groups in total. The van der Waals surface area contributed by atoms with E-state index in [0.29, 0.717) is 17.6 Å². The standard InChI is InChI=1S/C35H29Cl2FN2O6/c1-18-3-2-4-25(29(18)42)28-23-13-14-24-27(31(44)39(30(24)43)16-15-19-5-11-22(41)12-6-19)26(23)17-34(36)32(45)40(33(46)35(28,34)37)21-9-7-20(38)8-10-21/h2-13,24,26-28,41-42H,14-17H2,1H3. The van der Waals surface area contributed by atoms with Gasteiger partial charge in [-0.05, 0) is 79.6 Å². The van der Waals surface area contributed by atoms with Crippen molar-refractivity contribution in [1.82, 2.24) is 4.90 Å². The average molecular weight is 664 g/mol. The number of phenolic OH excluding ortho intramolecular Hbond substituents is 2. The van der Waals surface area contributed by atoms with Gasteiger partial charge in [-0.3, -0.25) is 24.1 Å². The van der Waals surface area contributed by atoms with Crippen LogP contribution in [0.15, 0.2) is 78.4 Å². The Morgan fingerprint density at radius 1 is 0.891 bits per heavy atom. The van der Waals surface area contributed by atoms with Gasteiger partial charge in [-0.1, -0.05) is 42.0 Å². The molecule has 3 fully saturated rings. The van der Waals surface area contributed by atoms with Crippen LogP contribution in [0.3, 0.4) is 0 Å². The molecule has 6 atom stereocenters. The van der Waals surface area contributed by atoms with E-state index in [0.717, 1.165) is 22.6 Å². The fourth-order valence-electron chi connectivity index (χ4n) is 7.85. The number of allylic oxidation sites excluding steroid dienone is 2. The molecule has 0 radical (unpaired) electrons. The Bertz CT molecular complexity index is 1850. The fourth-order valence-corrected chi connectivity index (χ4v) is 8.77. The molecule has 2 saturated heterocycles. The van der Waals surface area contributed by atoms with E-state index in [4.69, 9.17) is 23.2 Å². The maximum atomic E-state index is 14.4. The van der Waals surface area contributed by atoms with E-state index >= 15 is 0 Å². The summed E-state index contributed by atoms with van der Waals surface area (Å²) in [5.41, 5.74) is 2.27. The van der Waals surface area contributed by atoms with Gasteiger partial charge >= 0.3 is 0 Å². The zero-order chi connectivity index (χ0) is 32.7. The van der Waals surface area contributed by atoms with Gasteiger partial charge in [-0.15, -0.1) is 23.2 Å². The van der Waals surface area contributed by atoms with Crippen LogP contribution in [0.4, 0.5) is 10.1 Å². The number of carbonyl (C=O) groups excluding carboxylic acids is 4. The van der Waals surface area contributed by atoms with Gasteiger partial charge in [0.25, 0.3) is 11.8 Å². The van der Waals surface area contributed by atoms with Crippen LogP contribution >= 0.6 is 23.2 Å². The highest BCUT2D eigenvalue weighted by molar-refractivity contribution is 6.58. The number of halogens is 3. The Balaban J connectivity index is 1.33. The minimum Gasteiger partial charge on any atom is -0.508 e. The number of amides is 4. The summed E-state index contributed by atoms with van der Waals surface area (Å²) in [6.07, 6.45) is 2.19. The molecule has 3 aromatic carbocycles. The molecule has 3 aromatic rings. The van der Waals surface area contributed by atoms with Gasteiger partial charge in [0.05, 0.1) is 17.5 Å². The van der Waals surface area contributed by atoms with E-state index in [9.17, 15) is 33.8 Å². The number of aryl methyl sites for hydroxylation is 1. The fraction of sp³-hybridized carbons (Fsp3) is 0.314. The second kappa shape index (κ2) is 10.7. The minimum atomic E-state index is -2.12. The second-order valence-electron chi connectivity index (χ2n) is 12.5. The van der Waals surface area contributed by atoms with Gasteiger partial charge in [-0.2, -0.15) is 0 Å². The van der Waals surface area contributed by atoms with E-state index in [-0.39, 0.29) is 48.0 Å². The third kappa shape index (κ3) is 4.17. The molecule has 7 rings (SSSR count). The molecule has 2 heterocycles. The molecule has 8 nitrogen and oxygen atoms in total. The zero-order valence-corrected chi connectivity index (χ0v) is 26.1. The zero-order valence-electron chi connectivity index (χ0n) is 24.6. The molecule has 4 aliphatic rings. The number of anilines is 1. The summed E-state index contributed by atoms with van der Waals surface area (Å²) in [5, 5.41) is 20.9. The van der Waals surface area contributed by atoms with Crippen LogP contribution < -0.4 is 4.90 Å². The van der Waals surface area contributed by atoms with Gasteiger partial charge in [0.15, 0.2) is 9.75 Å². The number of nitrogens with zero attached hydrogens (tertiary/aromatic N) is 2. The third-order valence-electron chi connectivity index (χ3n) is 10.1. The summed E-state index contributed by atoms with van der Waals surface area (Å²) in [7, 11) is 0. The quantitative estimate of drug-likeness (QED) is 0.216. The summed E-state index contributed by atoms with van der Waals surface area (Å²) >= 11 is 14.7. The number of likely N-dealkylation sites (tertiary alicyclic amines) is 1. The smallest absolute Gasteiger partial charge is 0.258 e. The van der Waals surface area contributed by atoms with Crippen molar-refractivity contribution in [3.05, 3.63) is 101 Å². The molecule has 0 spiro atoms. The predicted molar refractivity (Wildman–Crippen MR) is 168 cm³/mol. The summed E-state index contributed by atoms with van der Waals surface area (Å²) < 4.78 is 13.8. The lowest BCUT2D eigenvalue weighted by Crippen LogP contribution is -2.60. The molecular formula is C35H29Cl2FN2O6. The van der Waals surface area contributed by atoms with Gasteiger partial charge in [-0.25, -0.2) is 9.29 Å². The van der Waals surface area contributed by atoms with Gasteiger partial charge < -0.3 is 10.2 Å². The first-order valence-electron chi connectivity index (χ1n) is 15.0. The molecule has 11 heteroatoms. The molecule has 6 unspecified atom stereocenters. The van der Waals surface area contributed by atoms with Crippen molar-refractivity contribution in [3.8, 4) is 11.5 Å². The number of hydrogen-bond donors (Lipinski definition) is 2. The Morgan fingerprint density at radius 2 is 1.59 bits per heavy atom. The molecule has 1 saturated carbocycles. The number of hydrogen-bond acceptors (Lipinski definition) is 6. The molecule has 2 aliphatic carbocycles. The molecule has 236 valence electrons. The topological polar surface area (TPSA) is 115 Å². The van der Waals surface area contributed by atoms with Crippen molar-refractivity contribution in [3.63, 3.8) is 0 Å². The maximum Gasteiger partial charge on any atom is 0.258 e. The van der Waals surface area contributed by atoms with E-state index < -0.39 is 57.0 Å². The number of benzene rings is 3. The number of alkyl halides is 2. The van der Waals surface area contributed by atoms with E-state index in [2.05, 4.69) is 0 Å². The van der Waals surface area contributed by atoms with Crippen LogP contribution in [0.1, 0.15) is 35.4 Å². The summed E-state index contributed by atoms with van der Waals surface area (Å²) in [6, 6.07) is 16.3. The Morgan fingerprint density at radius 3 is 2.28 bits per heavy atom. The maximum absolute atomic E-state index is 14.4. The Hall–Kier alpha value is -4.21. The van der Waals surface area contributed by atoms with Gasteiger partial charge in [0, 0.05) is 18.0 Å². The van der Waals surface area contributed by atoms with Crippen molar-refractivity contribution in [2.75, 3.05) is 11.4 Å². The van der Waals surface area contributed by atoms with Gasteiger partial charge in [0.1, 0.15) is 17.3 Å². The molecule has 0 bridgehead atoms. The molecule has 46 heavy (non-hydrogen) atoms. The van der Waals surface area contributed by atoms with Crippen molar-refractivity contribution in [2.24, 2.45) is 17.8 Å². The van der Waals surface area contributed by atoms with E-state index in [1.165, 1.54) is 29.2 Å². The first-order chi connectivity index (χ1) is 21.9. The number of para-hydroxylation sites is 1. The van der Waals surface area contributed by atoms with Crippen LogP contribution in [0, 0.1) is 30.5 Å². The van der Waals surface area contributed by atoms with Crippen molar-refractivity contribution < 1.29 is 33.8 Å². The first-order valence-corrected chi connectivity index (χ1v) is 15.8. The van der Waals surface area contributed by atoms with Crippen LogP contribution in [-0.2, 0) is 25.6 Å². The first kappa shape index (κ1) is 30.4. The summed E-state index contributed by atoms with van der Waals surface area (Å²) in [5.74, 6) is -6.37. The van der Waals surface area contributed by atoms with Crippen LogP contribution in [0.25, 0.3) is 0 Å². The molecular weight excluding hydrogens is 634 g/mol. The van der Waals surface area contributed by atoms with Crippen molar-refractivity contribution >= 4 is 52.5 Å². The predicted octanol–water partition coefficient (Wildman–Crippen LogP) is 5.35. The lowest BCUT2D eigenvalue weighted by atomic mass is 9.56. The summed E-state index contributed by atoms with van der Waals surface area (Å²) in [6.45, 7) is 1.82. The number of imide groups is 2. The molecule has 2 aliphatic heterocycles. The van der Waals surface area contributed by atoms with E-state index in [1.807, 2.05) is 6.08 Å². The van der Waals surface area contributed by atoms with Crippen LogP contribution in [-0.4, -0.2) is 55.0 Å². The SMILES string of the molecule is Cc1cccc(C2C3=CCC4C(=O)N(CCc5ccc(O)cc5)C(=O)C4C3CC3(Cl)C(=O)N(c4ccc(F)cc4)C(=O)C23Cl)c1O. The second-order valence-corrected chi connectivity index (χ2v) is 13.7. The monoisotopic (exact) mass is 662 g/mol. The number of carbonyl (C=O) groups is 4. The normalized spacial score (nSPS) is 30.3. The molecule has 4 amide bonds. The number of fused-ring (bicyclic) bond motifs is 4. The largest absolute Gasteiger partial charge is 0.508 e. The summed E-state index contributed by atoms with van der Waals surface area (Å²) in [4.78, 5) is 54.4. The lowest BCUT2D eigenvalue weighted by molar-refractivity contribution is -0.140. The molecule has 0 aromatic heterocycles. The average Bonchev–Trinajstić information content (AvgIpc) is 3.36. The highest BCUT2D eigenvalue weighted by atomic mass is 35.5. The third-order valence-corrected chi connectivity index (χ3v) is 11.5. The van der Waals surface area contributed by atoms with E-state index in [1.54, 1.807) is 37.3 Å². The van der Waals surface area contributed by atoms with Gasteiger partial charge in [0.2, 0.25) is 11.8 Å². The van der Waals surface area contributed by atoms with Crippen molar-refractivity contribution in [2.45, 2.75) is 41.9 Å². The van der Waals surface area contributed by atoms with Crippen LogP contribution in [0.5, 0.6) is 11.5 Å².